The van der Waals surface area contributed by atoms with E-state index in [1.165, 1.54) is 205 Å². The third-order valence-corrected chi connectivity index (χ3v) is 9.61. The van der Waals surface area contributed by atoms with Gasteiger partial charge in [-0.1, -0.05) is 222 Å². The normalized spacial score (nSPS) is 12.2. The molecule has 0 aromatic rings. The van der Waals surface area contributed by atoms with Crippen molar-refractivity contribution in [3.05, 3.63) is 0 Å². The van der Waals surface area contributed by atoms with E-state index in [1.54, 1.807) is 0 Å². The number of hydrogen-bond acceptors (Lipinski definition) is 1. The van der Waals surface area contributed by atoms with Gasteiger partial charge in [0.25, 0.3) is 0 Å². The van der Waals surface area contributed by atoms with Crippen LogP contribution in [0.5, 0.6) is 0 Å². The van der Waals surface area contributed by atoms with Crippen LogP contribution < -0.4 is 0 Å². The van der Waals surface area contributed by atoms with E-state index in [1.807, 2.05) is 6.92 Å². The van der Waals surface area contributed by atoms with E-state index >= 15 is 0 Å². The van der Waals surface area contributed by atoms with Gasteiger partial charge in [0, 0.05) is 13.1 Å². The van der Waals surface area contributed by atoms with Crippen LogP contribution in [0, 0.1) is 0 Å². The van der Waals surface area contributed by atoms with Gasteiger partial charge in [0.1, 0.15) is 0 Å². The number of nitrogens with zero attached hydrogens (tertiary/aromatic N) is 1. The summed E-state index contributed by atoms with van der Waals surface area (Å²) < 4.78 is 0. The Bertz CT molecular complexity index is 487. The van der Waals surface area contributed by atoms with Gasteiger partial charge in [0.05, 0.1) is 4.83 Å². The molecule has 1 unspecified atom stereocenters. The summed E-state index contributed by atoms with van der Waals surface area (Å²) in [6.45, 7) is 8.48. The lowest BCUT2D eigenvalue weighted by atomic mass is 10.0. The Morgan fingerprint density at radius 1 is 0.405 bits per heavy atom. The second-order valence-corrected chi connectivity index (χ2v) is 14.9. The average Bonchev–Trinajstić information content (AvgIpc) is 2.99. The molecular formula is C39H78BrNO. The molecule has 0 fully saturated rings. The van der Waals surface area contributed by atoms with Gasteiger partial charge in [-0.15, -0.1) is 0 Å². The van der Waals surface area contributed by atoms with Gasteiger partial charge in [-0.05, 0) is 19.8 Å². The maximum Gasteiger partial charge on any atom is 0.236 e. The Labute approximate surface area is 274 Å². The molecule has 0 bridgehead atoms. The van der Waals surface area contributed by atoms with Crippen molar-refractivity contribution in [3.63, 3.8) is 0 Å². The molecule has 0 aliphatic carbocycles. The largest absolute Gasteiger partial charge is 0.342 e. The second-order valence-electron chi connectivity index (χ2n) is 13.5. The molecule has 0 N–H and O–H groups in total. The molecule has 0 radical (unpaired) electrons. The summed E-state index contributed by atoms with van der Waals surface area (Å²) in [6, 6.07) is 0. The van der Waals surface area contributed by atoms with Crippen LogP contribution in [0.25, 0.3) is 0 Å². The first-order valence-electron chi connectivity index (χ1n) is 19.6. The molecule has 2 nitrogen and oxygen atoms in total. The van der Waals surface area contributed by atoms with Crippen LogP contribution in [0.1, 0.15) is 226 Å². The van der Waals surface area contributed by atoms with Crippen LogP contribution in [-0.4, -0.2) is 28.7 Å². The molecule has 0 aromatic heterocycles. The minimum atomic E-state index is -0.0559. The molecule has 0 saturated heterocycles. The minimum Gasteiger partial charge on any atom is -0.342 e. The highest BCUT2D eigenvalue weighted by atomic mass is 79.9. The summed E-state index contributed by atoms with van der Waals surface area (Å²) in [7, 11) is 0. The van der Waals surface area contributed by atoms with E-state index in [4.69, 9.17) is 0 Å². The van der Waals surface area contributed by atoms with Gasteiger partial charge in [-0.2, -0.15) is 0 Å². The van der Waals surface area contributed by atoms with Crippen molar-refractivity contribution in [1.29, 1.82) is 0 Å². The summed E-state index contributed by atoms with van der Waals surface area (Å²) in [5, 5.41) is 0. The standard InChI is InChI=1S/C39H78BrNO/c1-4-6-8-10-12-14-16-18-20-22-24-26-28-30-32-34-36-41(39(42)38(3)40)37-35-33-31-29-27-25-23-21-19-17-15-13-11-9-7-5-2/h38H,4-37H2,1-3H3. The Morgan fingerprint density at radius 2 is 0.595 bits per heavy atom. The molecule has 0 aromatic carbocycles. The zero-order valence-corrected chi connectivity index (χ0v) is 30.9. The van der Waals surface area contributed by atoms with Gasteiger partial charge in [0.2, 0.25) is 5.91 Å². The van der Waals surface area contributed by atoms with Gasteiger partial charge in [-0.25, -0.2) is 0 Å². The molecule has 0 rings (SSSR count). The fraction of sp³-hybridized carbons (Fsp3) is 0.974. The van der Waals surface area contributed by atoms with E-state index in [0.717, 1.165) is 13.1 Å². The second kappa shape index (κ2) is 35.4. The molecule has 1 atom stereocenters. The Balaban J connectivity index is 3.59. The molecule has 0 aliphatic rings. The highest BCUT2D eigenvalue weighted by molar-refractivity contribution is 9.10. The summed E-state index contributed by atoms with van der Waals surface area (Å²) in [6.07, 6.45) is 44.7. The van der Waals surface area contributed by atoms with Gasteiger partial charge in [-0.3, -0.25) is 4.79 Å². The van der Waals surface area contributed by atoms with Crippen molar-refractivity contribution in [1.82, 2.24) is 4.90 Å². The highest BCUT2D eigenvalue weighted by Crippen LogP contribution is 2.16. The number of carbonyl (C=O) groups is 1. The summed E-state index contributed by atoms with van der Waals surface area (Å²) in [4.78, 5) is 14.8. The van der Waals surface area contributed by atoms with Gasteiger partial charge >= 0.3 is 0 Å². The summed E-state index contributed by atoms with van der Waals surface area (Å²) in [5.74, 6) is 0.289. The Morgan fingerprint density at radius 3 is 0.786 bits per heavy atom. The average molecular weight is 657 g/mol. The van der Waals surface area contributed by atoms with E-state index < -0.39 is 0 Å². The van der Waals surface area contributed by atoms with Crippen LogP contribution >= 0.6 is 15.9 Å². The lowest BCUT2D eigenvalue weighted by molar-refractivity contribution is -0.130. The maximum absolute atomic E-state index is 12.7. The van der Waals surface area contributed by atoms with E-state index in [-0.39, 0.29) is 10.7 Å². The number of amides is 1. The van der Waals surface area contributed by atoms with Crippen LogP contribution in [0.15, 0.2) is 0 Å². The van der Waals surface area contributed by atoms with Crippen molar-refractivity contribution < 1.29 is 4.79 Å². The first kappa shape index (κ1) is 42.0. The number of alkyl halides is 1. The third kappa shape index (κ3) is 31.4. The molecule has 1 amide bonds. The van der Waals surface area contributed by atoms with Crippen LogP contribution in [0.3, 0.4) is 0 Å². The number of unbranched alkanes of at least 4 members (excludes halogenated alkanes) is 30. The van der Waals surface area contributed by atoms with Crippen molar-refractivity contribution >= 4 is 21.8 Å². The summed E-state index contributed by atoms with van der Waals surface area (Å²) >= 11 is 3.53. The van der Waals surface area contributed by atoms with Crippen LogP contribution in [-0.2, 0) is 4.79 Å². The fourth-order valence-electron chi connectivity index (χ4n) is 6.29. The number of rotatable bonds is 35. The zero-order chi connectivity index (χ0) is 30.8. The minimum absolute atomic E-state index is 0.0559. The monoisotopic (exact) mass is 656 g/mol. The van der Waals surface area contributed by atoms with Gasteiger partial charge in [0.15, 0.2) is 0 Å². The molecule has 3 heteroatoms. The van der Waals surface area contributed by atoms with Crippen LogP contribution in [0.4, 0.5) is 0 Å². The predicted octanol–water partition coefficient (Wildman–Crippen LogP) is 14.1. The molecule has 0 saturated carbocycles. The SMILES string of the molecule is CCCCCCCCCCCCCCCCCCN(CCCCCCCCCCCCCCCCCC)C(=O)C(C)Br. The maximum atomic E-state index is 12.7. The first-order chi connectivity index (χ1) is 20.6. The fourth-order valence-corrected chi connectivity index (χ4v) is 6.57. The highest BCUT2D eigenvalue weighted by Gasteiger charge is 2.17. The predicted molar refractivity (Wildman–Crippen MR) is 194 cm³/mol. The lowest BCUT2D eigenvalue weighted by Crippen LogP contribution is -2.37. The topological polar surface area (TPSA) is 20.3 Å². The van der Waals surface area contributed by atoms with Crippen molar-refractivity contribution in [2.75, 3.05) is 13.1 Å². The van der Waals surface area contributed by atoms with Crippen LogP contribution in [0.2, 0.25) is 0 Å². The molecule has 0 spiro atoms. The lowest BCUT2D eigenvalue weighted by Gasteiger charge is -2.24. The molecule has 0 aliphatic heterocycles. The molecule has 42 heavy (non-hydrogen) atoms. The van der Waals surface area contributed by atoms with E-state index in [0.29, 0.717) is 0 Å². The molecule has 252 valence electrons. The van der Waals surface area contributed by atoms with E-state index in [9.17, 15) is 4.79 Å². The van der Waals surface area contributed by atoms with Crippen molar-refractivity contribution in [3.8, 4) is 0 Å². The quantitative estimate of drug-likeness (QED) is 0.0491. The summed E-state index contributed by atoms with van der Waals surface area (Å²) in [5.41, 5.74) is 0. The number of hydrogen-bond donors (Lipinski definition) is 0. The van der Waals surface area contributed by atoms with Gasteiger partial charge < -0.3 is 4.90 Å². The molecule has 0 heterocycles. The molecular weight excluding hydrogens is 578 g/mol. The van der Waals surface area contributed by atoms with Crippen molar-refractivity contribution in [2.24, 2.45) is 0 Å². The van der Waals surface area contributed by atoms with Crippen molar-refractivity contribution in [2.45, 2.75) is 231 Å². The first-order valence-corrected chi connectivity index (χ1v) is 20.5. The Hall–Kier alpha value is -0.0500. The number of carbonyl (C=O) groups excluding carboxylic acids is 1. The van der Waals surface area contributed by atoms with E-state index in [2.05, 4.69) is 34.7 Å². The Kier molecular flexibility index (Phi) is 35.4. The zero-order valence-electron chi connectivity index (χ0n) is 29.4. The smallest absolute Gasteiger partial charge is 0.236 e. The third-order valence-electron chi connectivity index (χ3n) is 9.22. The number of halogens is 1.